The van der Waals surface area contributed by atoms with E-state index in [1.165, 1.54) is 23.1 Å². The van der Waals surface area contributed by atoms with E-state index in [0.29, 0.717) is 29.0 Å². The summed E-state index contributed by atoms with van der Waals surface area (Å²) in [5.74, 6) is 0.471. The predicted molar refractivity (Wildman–Crippen MR) is 120 cm³/mol. The van der Waals surface area contributed by atoms with Crippen LogP contribution in [0.15, 0.2) is 34.8 Å². The van der Waals surface area contributed by atoms with Crippen molar-refractivity contribution in [1.29, 1.82) is 0 Å². The summed E-state index contributed by atoms with van der Waals surface area (Å²) >= 11 is 2.71. The zero-order chi connectivity index (χ0) is 21.7. The summed E-state index contributed by atoms with van der Waals surface area (Å²) < 4.78 is 1.82. The Morgan fingerprint density at radius 3 is 2.57 bits per heavy atom. The molecule has 0 saturated heterocycles. The number of aromatic nitrogens is 4. The third kappa shape index (κ3) is 5.90. The molecule has 0 radical (unpaired) electrons. The maximum absolute atomic E-state index is 12.4. The number of carbonyl (C=O) groups excluding carboxylic acids is 2. The molecule has 0 unspecified atom stereocenters. The van der Waals surface area contributed by atoms with Crippen LogP contribution in [-0.2, 0) is 23.1 Å². The summed E-state index contributed by atoms with van der Waals surface area (Å²) in [4.78, 5) is 28.8. The van der Waals surface area contributed by atoms with Crippen LogP contribution in [0.3, 0.4) is 0 Å². The van der Waals surface area contributed by atoms with Crippen molar-refractivity contribution in [1.82, 2.24) is 19.7 Å². The molecule has 0 fully saturated rings. The lowest BCUT2D eigenvalue weighted by molar-refractivity contribution is -0.116. The van der Waals surface area contributed by atoms with Gasteiger partial charge in [0, 0.05) is 31.0 Å². The molecule has 3 rings (SSSR count). The SMILES string of the molecule is Cc1ccc(NC(=O)CCc2nnc(S[C@@H](C)C(=O)Nc3nc(C)cs3)n2C)cc1. The van der Waals surface area contributed by atoms with E-state index in [4.69, 9.17) is 0 Å². The lowest BCUT2D eigenvalue weighted by Gasteiger charge is -2.10. The first kappa shape index (κ1) is 22.0. The molecular formula is C20H24N6O2S2. The van der Waals surface area contributed by atoms with E-state index in [1.54, 1.807) is 0 Å². The number of hydrogen-bond donors (Lipinski definition) is 2. The van der Waals surface area contributed by atoms with Crippen LogP contribution in [0, 0.1) is 13.8 Å². The highest BCUT2D eigenvalue weighted by Gasteiger charge is 2.20. The normalized spacial score (nSPS) is 11.9. The summed E-state index contributed by atoms with van der Waals surface area (Å²) in [7, 11) is 1.84. The van der Waals surface area contributed by atoms with Gasteiger partial charge in [0.1, 0.15) is 5.82 Å². The average Bonchev–Trinajstić information content (AvgIpc) is 3.27. The Labute approximate surface area is 183 Å². The predicted octanol–water partition coefficient (Wildman–Crippen LogP) is 3.58. The number of amides is 2. The van der Waals surface area contributed by atoms with Crippen molar-refractivity contribution < 1.29 is 9.59 Å². The second-order valence-electron chi connectivity index (χ2n) is 6.92. The van der Waals surface area contributed by atoms with E-state index in [-0.39, 0.29) is 17.1 Å². The maximum Gasteiger partial charge on any atom is 0.239 e. The molecule has 0 bridgehead atoms. The molecule has 10 heteroatoms. The molecule has 2 N–H and O–H groups in total. The topological polar surface area (TPSA) is 102 Å². The van der Waals surface area contributed by atoms with Crippen molar-refractivity contribution >= 4 is 45.7 Å². The summed E-state index contributed by atoms with van der Waals surface area (Å²) in [5, 5.41) is 16.8. The van der Waals surface area contributed by atoms with Gasteiger partial charge in [-0.2, -0.15) is 0 Å². The number of aryl methyl sites for hydroxylation is 3. The maximum atomic E-state index is 12.4. The van der Waals surface area contributed by atoms with E-state index < -0.39 is 0 Å². The molecule has 1 aromatic carbocycles. The van der Waals surface area contributed by atoms with Crippen molar-refractivity contribution in [3.05, 3.63) is 46.7 Å². The lowest BCUT2D eigenvalue weighted by Crippen LogP contribution is -2.22. The molecule has 2 aromatic heterocycles. The second kappa shape index (κ2) is 9.86. The first-order valence-electron chi connectivity index (χ1n) is 9.46. The van der Waals surface area contributed by atoms with Crippen molar-refractivity contribution in [2.24, 2.45) is 7.05 Å². The minimum atomic E-state index is -0.366. The number of hydrogen-bond acceptors (Lipinski definition) is 7. The molecule has 0 saturated carbocycles. The first-order valence-corrected chi connectivity index (χ1v) is 11.2. The van der Waals surface area contributed by atoms with Gasteiger partial charge in [0.25, 0.3) is 0 Å². The van der Waals surface area contributed by atoms with Gasteiger partial charge in [0.2, 0.25) is 11.8 Å². The number of thiazole rings is 1. The van der Waals surface area contributed by atoms with Crippen LogP contribution >= 0.6 is 23.1 Å². The average molecular weight is 445 g/mol. The van der Waals surface area contributed by atoms with E-state index >= 15 is 0 Å². The molecule has 0 spiro atoms. The van der Waals surface area contributed by atoms with E-state index in [9.17, 15) is 9.59 Å². The van der Waals surface area contributed by atoms with Crippen molar-refractivity contribution in [3.63, 3.8) is 0 Å². The number of carbonyl (C=O) groups is 2. The number of nitrogens with one attached hydrogen (secondary N) is 2. The van der Waals surface area contributed by atoms with Crippen molar-refractivity contribution in [2.75, 3.05) is 10.6 Å². The molecule has 8 nitrogen and oxygen atoms in total. The van der Waals surface area contributed by atoms with Crippen LogP contribution in [0.25, 0.3) is 0 Å². The minimum Gasteiger partial charge on any atom is -0.326 e. The molecule has 0 aliphatic heterocycles. The smallest absolute Gasteiger partial charge is 0.239 e. The van der Waals surface area contributed by atoms with Gasteiger partial charge in [0.15, 0.2) is 10.3 Å². The fourth-order valence-electron chi connectivity index (χ4n) is 2.58. The summed E-state index contributed by atoms with van der Waals surface area (Å²) in [6, 6.07) is 7.66. The number of thioether (sulfide) groups is 1. The van der Waals surface area contributed by atoms with Gasteiger partial charge in [-0.3, -0.25) is 9.59 Å². The van der Waals surface area contributed by atoms with Gasteiger partial charge in [-0.15, -0.1) is 21.5 Å². The van der Waals surface area contributed by atoms with Gasteiger partial charge in [-0.25, -0.2) is 4.98 Å². The van der Waals surface area contributed by atoms with Crippen molar-refractivity contribution in [3.8, 4) is 0 Å². The minimum absolute atomic E-state index is 0.0810. The first-order chi connectivity index (χ1) is 14.3. The van der Waals surface area contributed by atoms with Crippen LogP contribution in [0.4, 0.5) is 10.8 Å². The summed E-state index contributed by atoms with van der Waals surface area (Å²) in [5.41, 5.74) is 2.79. The van der Waals surface area contributed by atoms with Gasteiger partial charge >= 0.3 is 0 Å². The van der Waals surface area contributed by atoms with Crippen LogP contribution in [0.5, 0.6) is 0 Å². The highest BCUT2D eigenvalue weighted by Crippen LogP contribution is 2.24. The lowest BCUT2D eigenvalue weighted by atomic mass is 10.2. The molecule has 2 heterocycles. The highest BCUT2D eigenvalue weighted by atomic mass is 32.2. The molecule has 3 aromatic rings. The fraction of sp³-hybridized carbons (Fsp3) is 0.350. The fourth-order valence-corrected chi connectivity index (χ4v) is 4.11. The zero-order valence-electron chi connectivity index (χ0n) is 17.3. The largest absolute Gasteiger partial charge is 0.326 e. The van der Waals surface area contributed by atoms with E-state index in [2.05, 4.69) is 25.8 Å². The van der Waals surface area contributed by atoms with Gasteiger partial charge in [-0.05, 0) is 32.9 Å². The Kier molecular flexibility index (Phi) is 7.22. The highest BCUT2D eigenvalue weighted by molar-refractivity contribution is 8.00. The Morgan fingerprint density at radius 1 is 1.17 bits per heavy atom. The summed E-state index contributed by atoms with van der Waals surface area (Å²) in [6.45, 7) is 5.69. The third-order valence-electron chi connectivity index (χ3n) is 4.34. The molecule has 0 aliphatic rings. The molecule has 2 amide bonds. The molecular weight excluding hydrogens is 420 g/mol. The number of rotatable bonds is 8. The quantitative estimate of drug-likeness (QED) is 0.515. The van der Waals surface area contributed by atoms with Gasteiger partial charge in [0.05, 0.1) is 10.9 Å². The van der Waals surface area contributed by atoms with E-state index in [1.807, 2.05) is 62.0 Å². The Morgan fingerprint density at radius 2 is 1.90 bits per heavy atom. The third-order valence-corrected chi connectivity index (χ3v) is 6.35. The number of benzene rings is 1. The molecule has 0 aliphatic carbocycles. The van der Waals surface area contributed by atoms with Crippen LogP contribution < -0.4 is 10.6 Å². The molecule has 158 valence electrons. The zero-order valence-corrected chi connectivity index (χ0v) is 18.9. The second-order valence-corrected chi connectivity index (χ2v) is 9.08. The van der Waals surface area contributed by atoms with Gasteiger partial charge in [-0.1, -0.05) is 29.5 Å². The monoisotopic (exact) mass is 444 g/mol. The van der Waals surface area contributed by atoms with Crippen LogP contribution in [0.1, 0.15) is 30.4 Å². The Hall–Kier alpha value is -2.72. The van der Waals surface area contributed by atoms with Crippen molar-refractivity contribution in [2.45, 2.75) is 44.0 Å². The Bertz CT molecular complexity index is 1030. The van der Waals surface area contributed by atoms with Crippen LogP contribution in [0.2, 0.25) is 0 Å². The Balaban J connectivity index is 1.51. The summed E-state index contributed by atoms with van der Waals surface area (Å²) in [6.07, 6.45) is 0.755. The van der Waals surface area contributed by atoms with Gasteiger partial charge < -0.3 is 15.2 Å². The molecule has 30 heavy (non-hydrogen) atoms. The molecule has 1 atom stereocenters. The van der Waals surface area contributed by atoms with E-state index in [0.717, 1.165) is 16.9 Å². The van der Waals surface area contributed by atoms with Crippen LogP contribution in [-0.4, -0.2) is 36.8 Å². The number of anilines is 2. The number of nitrogens with zero attached hydrogens (tertiary/aromatic N) is 4. The standard InChI is InChI=1S/C20H24N6O2S2/c1-12-5-7-15(8-6-12)22-17(27)10-9-16-24-25-20(26(16)4)30-14(3)18(28)23-19-21-13(2)11-29-19/h5-8,11,14H,9-10H2,1-4H3,(H,22,27)(H,21,23,28)/t14-/m0/s1.